The molecule has 0 aliphatic rings. The lowest BCUT2D eigenvalue weighted by atomic mass is 9.94. The molecule has 10 aromatic rings. The summed E-state index contributed by atoms with van der Waals surface area (Å²) >= 11 is 1.74. The third kappa shape index (κ3) is 4.82. The fourth-order valence-electron chi connectivity index (χ4n) is 7.42. The Morgan fingerprint density at radius 3 is 1.74 bits per heavy atom. The average molecular weight is 655 g/mol. The highest BCUT2D eigenvalue weighted by Crippen LogP contribution is 2.41. The lowest BCUT2D eigenvalue weighted by Gasteiger charge is -2.25. The quantitative estimate of drug-likeness (QED) is 0.172. The van der Waals surface area contributed by atoms with Gasteiger partial charge in [-0.1, -0.05) is 133 Å². The summed E-state index contributed by atoms with van der Waals surface area (Å²) in [4.78, 5) is 8.34. The lowest BCUT2D eigenvalue weighted by molar-refractivity contribution is 1.26. The Labute approximate surface area is 294 Å². The third-order valence-corrected chi connectivity index (χ3v) is 11.0. The zero-order chi connectivity index (χ0) is 33.0. The zero-order valence-electron chi connectivity index (χ0n) is 27.1. The molecule has 0 radical (unpaired) electrons. The molecular formula is C47H30N2S. The predicted octanol–water partition coefficient (Wildman–Crippen LogP) is 13.7. The van der Waals surface area contributed by atoms with E-state index >= 15 is 0 Å². The molecular weight excluding hydrogens is 625 g/mol. The molecule has 0 N–H and O–H groups in total. The molecule has 0 atom stereocenters. The second kappa shape index (κ2) is 11.7. The number of hydrogen-bond donors (Lipinski definition) is 0. The van der Waals surface area contributed by atoms with Gasteiger partial charge in [0.25, 0.3) is 0 Å². The summed E-state index contributed by atoms with van der Waals surface area (Å²) in [5, 5.41) is 10.1. The van der Waals surface area contributed by atoms with Crippen molar-refractivity contribution in [1.82, 2.24) is 4.98 Å². The number of thiophene rings is 1. The number of hydrogen-bond acceptors (Lipinski definition) is 3. The van der Waals surface area contributed by atoms with Crippen LogP contribution in [0.25, 0.3) is 74.9 Å². The first-order valence-corrected chi connectivity index (χ1v) is 17.8. The van der Waals surface area contributed by atoms with Crippen molar-refractivity contribution < 1.29 is 0 Å². The van der Waals surface area contributed by atoms with Crippen LogP contribution < -0.4 is 4.90 Å². The highest BCUT2D eigenvalue weighted by Gasteiger charge is 2.16. The van der Waals surface area contributed by atoms with E-state index in [0.717, 1.165) is 21.9 Å². The second-order valence-electron chi connectivity index (χ2n) is 12.8. The molecule has 50 heavy (non-hydrogen) atoms. The number of rotatable bonds is 5. The van der Waals surface area contributed by atoms with Gasteiger partial charge in [-0.25, -0.2) is 4.98 Å². The van der Waals surface area contributed by atoms with Crippen LogP contribution in [0.15, 0.2) is 182 Å². The third-order valence-electron chi connectivity index (χ3n) is 9.89. The number of anilines is 3. The van der Waals surface area contributed by atoms with Crippen molar-refractivity contribution in [2.75, 3.05) is 4.90 Å². The van der Waals surface area contributed by atoms with Gasteiger partial charge in [0.1, 0.15) is 4.83 Å². The van der Waals surface area contributed by atoms with Crippen molar-refractivity contribution >= 4 is 81.0 Å². The Hall–Kier alpha value is -6.29. The molecule has 0 fully saturated rings. The number of pyridine rings is 1. The maximum absolute atomic E-state index is 4.97. The maximum Gasteiger partial charge on any atom is 0.124 e. The molecule has 8 aromatic carbocycles. The molecule has 0 spiro atoms. The van der Waals surface area contributed by atoms with Crippen LogP contribution in [0, 0.1) is 0 Å². The highest BCUT2D eigenvalue weighted by molar-refractivity contribution is 7.25. The topological polar surface area (TPSA) is 16.1 Å². The van der Waals surface area contributed by atoms with E-state index in [1.807, 2.05) is 6.20 Å². The summed E-state index contributed by atoms with van der Waals surface area (Å²) in [5.41, 5.74) is 7.99. The van der Waals surface area contributed by atoms with Gasteiger partial charge < -0.3 is 4.90 Å². The first-order chi connectivity index (χ1) is 24.8. The van der Waals surface area contributed by atoms with Gasteiger partial charge in [-0.2, -0.15) is 0 Å². The van der Waals surface area contributed by atoms with Crippen LogP contribution in [-0.4, -0.2) is 4.98 Å². The SMILES string of the molecule is c1ccc(-c2ccc(N(c3ccc(-c4ccc5c(ccc6ccc7ccccc7c65)c4)cc3)c3cnc4sc5ccccc5c4c3)cc2)cc1. The van der Waals surface area contributed by atoms with Gasteiger partial charge in [-0.05, 0) is 97.0 Å². The number of fused-ring (bicyclic) bond motifs is 8. The van der Waals surface area contributed by atoms with Crippen LogP contribution in [0.3, 0.4) is 0 Å². The normalized spacial score (nSPS) is 11.6. The summed E-state index contributed by atoms with van der Waals surface area (Å²) in [6.07, 6.45) is 2.01. The predicted molar refractivity (Wildman–Crippen MR) is 215 cm³/mol. The Kier molecular flexibility index (Phi) is 6.71. The molecule has 0 saturated carbocycles. The number of nitrogens with zero attached hydrogens (tertiary/aromatic N) is 2. The van der Waals surface area contributed by atoms with Crippen LogP contribution in [0.5, 0.6) is 0 Å². The first kappa shape index (κ1) is 28.7. The van der Waals surface area contributed by atoms with Crippen molar-refractivity contribution in [2.45, 2.75) is 0 Å². The van der Waals surface area contributed by atoms with E-state index in [9.17, 15) is 0 Å². The van der Waals surface area contributed by atoms with Crippen molar-refractivity contribution in [2.24, 2.45) is 0 Å². The smallest absolute Gasteiger partial charge is 0.124 e. The Balaban J connectivity index is 1.07. The molecule has 10 rings (SSSR count). The Morgan fingerprint density at radius 2 is 0.960 bits per heavy atom. The molecule has 234 valence electrons. The summed E-state index contributed by atoms with van der Waals surface area (Å²) in [7, 11) is 0. The van der Waals surface area contributed by atoms with Gasteiger partial charge in [0.05, 0.1) is 11.9 Å². The van der Waals surface area contributed by atoms with Gasteiger partial charge >= 0.3 is 0 Å². The van der Waals surface area contributed by atoms with E-state index in [4.69, 9.17) is 4.98 Å². The van der Waals surface area contributed by atoms with Crippen molar-refractivity contribution in [3.05, 3.63) is 182 Å². The van der Waals surface area contributed by atoms with E-state index in [-0.39, 0.29) is 0 Å². The van der Waals surface area contributed by atoms with Crippen LogP contribution in [-0.2, 0) is 0 Å². The Morgan fingerprint density at radius 1 is 0.380 bits per heavy atom. The molecule has 0 saturated heterocycles. The monoisotopic (exact) mass is 654 g/mol. The van der Waals surface area contributed by atoms with Gasteiger partial charge in [0, 0.05) is 26.8 Å². The average Bonchev–Trinajstić information content (AvgIpc) is 3.56. The van der Waals surface area contributed by atoms with Crippen molar-refractivity contribution in [3.63, 3.8) is 0 Å². The second-order valence-corrected chi connectivity index (χ2v) is 13.9. The van der Waals surface area contributed by atoms with E-state index in [0.29, 0.717) is 0 Å². The van der Waals surface area contributed by atoms with Crippen molar-refractivity contribution in [3.8, 4) is 22.3 Å². The molecule has 0 aliphatic heterocycles. The molecule has 0 amide bonds. The molecule has 3 heteroatoms. The van der Waals surface area contributed by atoms with Gasteiger partial charge in [0.2, 0.25) is 0 Å². The van der Waals surface area contributed by atoms with E-state index in [2.05, 4.69) is 181 Å². The van der Waals surface area contributed by atoms with E-state index < -0.39 is 0 Å². The Bertz CT molecular complexity index is 2850. The zero-order valence-corrected chi connectivity index (χ0v) is 27.9. The molecule has 2 aromatic heterocycles. The minimum Gasteiger partial charge on any atom is -0.309 e. The minimum atomic E-state index is 1.03. The van der Waals surface area contributed by atoms with E-state index in [1.165, 1.54) is 70.0 Å². The number of benzene rings is 8. The van der Waals surface area contributed by atoms with Crippen LogP contribution in [0.2, 0.25) is 0 Å². The summed E-state index contributed by atoms with van der Waals surface area (Å²) < 4.78 is 1.26. The largest absolute Gasteiger partial charge is 0.309 e. The van der Waals surface area contributed by atoms with Crippen molar-refractivity contribution in [1.29, 1.82) is 0 Å². The van der Waals surface area contributed by atoms with Crippen LogP contribution in [0.4, 0.5) is 17.1 Å². The standard InChI is InChI=1S/C47H30N2S/c1-2-8-31(9-3-1)32-18-23-38(24-19-32)49(40-29-44-43-12-6-7-13-45(43)50-47(44)48-30-40)39-25-20-33(21-26-39)36-22-27-42-37(28-36)17-16-35-15-14-34-10-4-5-11-41(34)46(35)42/h1-30H. The van der Waals surface area contributed by atoms with Gasteiger partial charge in [-0.3, -0.25) is 0 Å². The van der Waals surface area contributed by atoms with Gasteiger partial charge in [-0.15, -0.1) is 11.3 Å². The highest BCUT2D eigenvalue weighted by atomic mass is 32.1. The minimum absolute atomic E-state index is 1.03. The lowest BCUT2D eigenvalue weighted by Crippen LogP contribution is -2.10. The first-order valence-electron chi connectivity index (χ1n) is 16.9. The fourth-order valence-corrected chi connectivity index (χ4v) is 8.45. The van der Waals surface area contributed by atoms with Crippen LogP contribution in [0.1, 0.15) is 0 Å². The van der Waals surface area contributed by atoms with Gasteiger partial charge in [0.15, 0.2) is 0 Å². The fraction of sp³-hybridized carbons (Fsp3) is 0. The molecule has 0 aliphatic carbocycles. The molecule has 2 nitrogen and oxygen atoms in total. The molecule has 0 unspecified atom stereocenters. The van der Waals surface area contributed by atoms with Crippen LogP contribution >= 0.6 is 11.3 Å². The molecule has 2 heterocycles. The molecule has 0 bridgehead atoms. The number of aromatic nitrogens is 1. The van der Waals surface area contributed by atoms with E-state index in [1.54, 1.807) is 11.3 Å². The summed E-state index contributed by atoms with van der Waals surface area (Å²) in [6.45, 7) is 0. The summed E-state index contributed by atoms with van der Waals surface area (Å²) in [6, 6.07) is 63.7. The summed E-state index contributed by atoms with van der Waals surface area (Å²) in [5.74, 6) is 0. The maximum atomic E-state index is 4.97.